The van der Waals surface area contributed by atoms with Gasteiger partial charge in [0.2, 0.25) is 0 Å². The maximum atomic E-state index is 13.6. The maximum absolute atomic E-state index is 13.6. The zero-order valence-corrected chi connectivity index (χ0v) is 16.1. The van der Waals surface area contributed by atoms with Crippen molar-refractivity contribution in [3.63, 3.8) is 0 Å². The summed E-state index contributed by atoms with van der Waals surface area (Å²) in [6.45, 7) is 3.87. The molecule has 3 aromatic rings. The molecule has 11 heteroatoms. The van der Waals surface area contributed by atoms with Crippen LogP contribution in [0.3, 0.4) is 0 Å². The van der Waals surface area contributed by atoms with E-state index in [1.54, 1.807) is 10.9 Å². The molecule has 0 bridgehead atoms. The molecule has 0 saturated heterocycles. The highest BCUT2D eigenvalue weighted by Gasteiger charge is 2.41. The molecule has 1 amide bonds. The molecule has 0 unspecified atom stereocenters. The van der Waals surface area contributed by atoms with E-state index in [2.05, 4.69) is 15.5 Å². The number of ether oxygens (including phenoxy) is 1. The molecule has 8 nitrogen and oxygen atoms in total. The first-order valence-electron chi connectivity index (χ1n) is 9.01. The molecular formula is C19H18F3N5O3. The van der Waals surface area contributed by atoms with Crippen molar-refractivity contribution in [2.24, 2.45) is 0 Å². The summed E-state index contributed by atoms with van der Waals surface area (Å²) in [6.07, 6.45) is -1.10. The first kappa shape index (κ1) is 21.1. The summed E-state index contributed by atoms with van der Waals surface area (Å²) in [6, 6.07) is 5.68. The monoisotopic (exact) mass is 421 g/mol. The van der Waals surface area contributed by atoms with Gasteiger partial charge in [-0.3, -0.25) is 9.48 Å². The number of esters is 1. The molecule has 0 radical (unpaired) electrons. The van der Waals surface area contributed by atoms with Crippen molar-refractivity contribution in [3.05, 3.63) is 59.7 Å². The van der Waals surface area contributed by atoms with Crippen LogP contribution in [0.15, 0.2) is 42.9 Å². The van der Waals surface area contributed by atoms with E-state index in [0.29, 0.717) is 16.8 Å². The lowest BCUT2D eigenvalue weighted by Crippen LogP contribution is -2.18. The van der Waals surface area contributed by atoms with Gasteiger partial charge in [0.15, 0.2) is 5.69 Å². The van der Waals surface area contributed by atoms with Crippen molar-refractivity contribution in [2.75, 3.05) is 11.9 Å². The van der Waals surface area contributed by atoms with Crippen LogP contribution in [0, 0.1) is 0 Å². The van der Waals surface area contributed by atoms with Gasteiger partial charge in [0, 0.05) is 18.4 Å². The summed E-state index contributed by atoms with van der Waals surface area (Å²) in [5.74, 6) is -1.58. The number of alkyl halides is 3. The largest absolute Gasteiger partial charge is 0.462 e. The van der Waals surface area contributed by atoms with E-state index < -0.39 is 29.3 Å². The van der Waals surface area contributed by atoms with Gasteiger partial charge in [-0.2, -0.15) is 23.4 Å². The van der Waals surface area contributed by atoms with Crippen LogP contribution >= 0.6 is 0 Å². The molecule has 0 fully saturated rings. The van der Waals surface area contributed by atoms with Gasteiger partial charge < -0.3 is 10.1 Å². The number of nitrogens with one attached hydrogen (secondary N) is 1. The molecule has 3 rings (SSSR count). The zero-order chi connectivity index (χ0) is 21.9. The van der Waals surface area contributed by atoms with E-state index in [4.69, 9.17) is 4.74 Å². The third kappa shape index (κ3) is 4.34. The average molecular weight is 421 g/mol. The van der Waals surface area contributed by atoms with E-state index in [0.717, 1.165) is 6.20 Å². The Morgan fingerprint density at radius 3 is 2.57 bits per heavy atom. The minimum atomic E-state index is -4.85. The van der Waals surface area contributed by atoms with Crippen molar-refractivity contribution in [3.8, 4) is 5.69 Å². The van der Waals surface area contributed by atoms with Crippen molar-refractivity contribution in [1.82, 2.24) is 19.6 Å². The number of amides is 1. The van der Waals surface area contributed by atoms with Crippen LogP contribution in [-0.4, -0.2) is 38.0 Å². The lowest BCUT2D eigenvalue weighted by molar-refractivity contribution is -0.143. The summed E-state index contributed by atoms with van der Waals surface area (Å²) in [4.78, 5) is 24.3. The number of carbonyl (C=O) groups excluding carboxylic acids is 2. The highest BCUT2D eigenvalue weighted by molar-refractivity contribution is 6.04. The van der Waals surface area contributed by atoms with Crippen LogP contribution in [0.4, 0.5) is 18.9 Å². The summed E-state index contributed by atoms with van der Waals surface area (Å²) < 4.78 is 47.8. The van der Waals surface area contributed by atoms with Gasteiger partial charge in [-0.05, 0) is 32.0 Å². The predicted molar refractivity (Wildman–Crippen MR) is 100 cm³/mol. The quantitative estimate of drug-likeness (QED) is 0.615. The van der Waals surface area contributed by atoms with Crippen LogP contribution in [0.25, 0.3) is 5.69 Å². The fraction of sp³-hybridized carbons (Fsp3) is 0.263. The van der Waals surface area contributed by atoms with Gasteiger partial charge in [-0.15, -0.1) is 0 Å². The number of aryl methyl sites for hydroxylation is 1. The molecule has 1 N–H and O–H groups in total. The van der Waals surface area contributed by atoms with Crippen LogP contribution in [0.2, 0.25) is 0 Å². The molecule has 2 heterocycles. The summed E-state index contributed by atoms with van der Waals surface area (Å²) in [5, 5.41) is 10.3. The molecule has 0 aliphatic rings. The van der Waals surface area contributed by atoms with E-state index in [-0.39, 0.29) is 18.0 Å². The molecule has 0 atom stereocenters. The minimum absolute atomic E-state index is 0.0138. The van der Waals surface area contributed by atoms with Crippen molar-refractivity contribution in [2.45, 2.75) is 26.6 Å². The summed E-state index contributed by atoms with van der Waals surface area (Å²) >= 11 is 0. The third-order valence-electron chi connectivity index (χ3n) is 4.10. The fourth-order valence-corrected chi connectivity index (χ4v) is 2.75. The number of carbonyl (C=O) groups is 2. The average Bonchev–Trinajstić information content (AvgIpc) is 3.35. The highest BCUT2D eigenvalue weighted by atomic mass is 19.4. The van der Waals surface area contributed by atoms with Crippen LogP contribution < -0.4 is 5.32 Å². The molecule has 0 aliphatic heterocycles. The van der Waals surface area contributed by atoms with Crippen LogP contribution in [0.5, 0.6) is 0 Å². The summed E-state index contributed by atoms with van der Waals surface area (Å²) in [7, 11) is 0. The topological polar surface area (TPSA) is 91.0 Å². The second-order valence-corrected chi connectivity index (χ2v) is 6.13. The van der Waals surface area contributed by atoms with Crippen molar-refractivity contribution >= 4 is 17.6 Å². The van der Waals surface area contributed by atoms with E-state index >= 15 is 0 Å². The summed E-state index contributed by atoms with van der Waals surface area (Å²) in [5.41, 5.74) is -1.37. The number of rotatable bonds is 6. The Labute approximate surface area is 169 Å². The van der Waals surface area contributed by atoms with E-state index in [9.17, 15) is 22.8 Å². The lowest BCUT2D eigenvalue weighted by atomic mass is 10.2. The lowest BCUT2D eigenvalue weighted by Gasteiger charge is -2.13. The van der Waals surface area contributed by atoms with Gasteiger partial charge >= 0.3 is 12.1 Å². The van der Waals surface area contributed by atoms with Gasteiger partial charge in [0.1, 0.15) is 5.56 Å². The van der Waals surface area contributed by atoms with Crippen molar-refractivity contribution in [1.29, 1.82) is 0 Å². The maximum Gasteiger partial charge on any atom is 0.434 e. The van der Waals surface area contributed by atoms with Crippen LogP contribution in [0.1, 0.15) is 40.3 Å². The Balaban J connectivity index is 1.94. The number of halogens is 3. The normalized spacial score (nSPS) is 11.4. The standard InChI is InChI=1S/C19H18F3N5O3/c1-3-26-11-12(9-23-26)17(28)25-13-6-5-7-14(8-13)27-16(19(20,21)22)15(10-24-27)18(29)30-4-2/h5-11H,3-4H2,1-2H3,(H,25,28). The number of hydrogen-bond donors (Lipinski definition) is 1. The minimum Gasteiger partial charge on any atom is -0.462 e. The Bertz CT molecular complexity index is 1070. The molecule has 2 aromatic heterocycles. The zero-order valence-electron chi connectivity index (χ0n) is 16.1. The Kier molecular flexibility index (Phi) is 5.90. The Morgan fingerprint density at radius 1 is 1.17 bits per heavy atom. The highest BCUT2D eigenvalue weighted by Crippen LogP contribution is 2.34. The number of anilines is 1. The molecule has 0 saturated carbocycles. The van der Waals surface area contributed by atoms with Crippen LogP contribution in [-0.2, 0) is 17.5 Å². The SMILES string of the molecule is CCOC(=O)c1cnn(-c2cccc(NC(=O)c3cnn(CC)c3)c2)c1C(F)(F)F. The van der Waals surface area contributed by atoms with Crippen molar-refractivity contribution < 1.29 is 27.5 Å². The van der Waals surface area contributed by atoms with Gasteiger partial charge in [0.05, 0.1) is 30.3 Å². The molecule has 0 aliphatic carbocycles. The van der Waals surface area contributed by atoms with E-state index in [1.807, 2.05) is 6.92 Å². The number of hydrogen-bond acceptors (Lipinski definition) is 5. The second kappa shape index (κ2) is 8.39. The van der Waals surface area contributed by atoms with Gasteiger partial charge in [0.25, 0.3) is 5.91 Å². The first-order chi connectivity index (χ1) is 14.2. The molecular weight excluding hydrogens is 403 g/mol. The molecule has 1 aromatic carbocycles. The predicted octanol–water partition coefficient (Wildman–Crippen LogP) is 3.54. The second-order valence-electron chi connectivity index (χ2n) is 6.13. The molecule has 30 heavy (non-hydrogen) atoms. The third-order valence-corrected chi connectivity index (χ3v) is 4.10. The Morgan fingerprint density at radius 2 is 1.93 bits per heavy atom. The molecule has 0 spiro atoms. The fourth-order valence-electron chi connectivity index (χ4n) is 2.75. The van der Waals surface area contributed by atoms with Gasteiger partial charge in [-0.25, -0.2) is 9.48 Å². The molecule has 158 valence electrons. The van der Waals surface area contributed by atoms with E-state index in [1.165, 1.54) is 37.4 Å². The smallest absolute Gasteiger partial charge is 0.434 e. The number of benzene rings is 1. The first-order valence-corrected chi connectivity index (χ1v) is 9.01. The van der Waals surface area contributed by atoms with Gasteiger partial charge in [-0.1, -0.05) is 6.07 Å². The number of nitrogens with zero attached hydrogens (tertiary/aromatic N) is 4. The number of aromatic nitrogens is 4. The Hall–Kier alpha value is -3.63.